The lowest BCUT2D eigenvalue weighted by Gasteiger charge is -2.15. The van der Waals surface area contributed by atoms with Crippen LogP contribution >= 0.6 is 0 Å². The molecule has 0 radical (unpaired) electrons. The van der Waals surface area contributed by atoms with E-state index in [1.807, 2.05) is 24.3 Å². The maximum Gasteiger partial charge on any atom is 0.338 e. The number of carbonyl (C=O) groups is 2. The molecule has 0 saturated carbocycles. The Morgan fingerprint density at radius 1 is 0.903 bits per heavy atom. The number of nitrogens with one attached hydrogen (secondary N) is 2. The summed E-state index contributed by atoms with van der Waals surface area (Å²) in [6.45, 7) is 15.9. The quantitative estimate of drug-likeness (QED) is 0.197. The highest BCUT2D eigenvalue weighted by atomic mass is 16.5. The number of ether oxygens (including phenoxy) is 2. The highest BCUT2D eigenvalue weighted by Crippen LogP contribution is 2.28. The number of carbonyl (C=O) groups excluding carboxylic acids is 2. The maximum atomic E-state index is 12.1. The molecule has 160 valence electrons. The zero-order valence-electron chi connectivity index (χ0n) is 18.0. The summed E-state index contributed by atoms with van der Waals surface area (Å²) >= 11 is 0. The van der Waals surface area contributed by atoms with Gasteiger partial charge in [-0.15, -0.1) is 0 Å². The van der Waals surface area contributed by atoms with Gasteiger partial charge in [0.25, 0.3) is 5.91 Å². The first-order valence-corrected chi connectivity index (χ1v) is 9.53. The Hall–Kier alpha value is -3.93. The fourth-order valence-electron chi connectivity index (χ4n) is 2.43. The van der Waals surface area contributed by atoms with Crippen molar-refractivity contribution in [2.75, 3.05) is 5.32 Å². The van der Waals surface area contributed by atoms with Crippen molar-refractivity contribution in [1.82, 2.24) is 0 Å². The highest BCUT2D eigenvalue weighted by molar-refractivity contribution is 6.03. The molecule has 6 heteroatoms. The second kappa shape index (κ2) is 10.2. The van der Waals surface area contributed by atoms with Crippen molar-refractivity contribution >= 4 is 23.5 Å². The van der Waals surface area contributed by atoms with Crippen LogP contribution in [-0.4, -0.2) is 17.8 Å². The van der Waals surface area contributed by atoms with Crippen molar-refractivity contribution in [3.8, 4) is 16.9 Å². The van der Waals surface area contributed by atoms with Crippen LogP contribution < -0.4 is 10.1 Å². The van der Waals surface area contributed by atoms with E-state index < -0.39 is 5.97 Å². The molecule has 0 unspecified atom stereocenters. The number of amides is 1. The molecule has 6 nitrogen and oxygen atoms in total. The monoisotopic (exact) mass is 418 g/mol. The molecule has 0 spiro atoms. The first kappa shape index (κ1) is 23.3. The molecule has 2 N–H and O–H groups in total. The second-order valence-electron chi connectivity index (χ2n) is 7.20. The van der Waals surface area contributed by atoms with E-state index in [1.54, 1.807) is 39.0 Å². The summed E-state index contributed by atoms with van der Waals surface area (Å²) in [5.74, 6) is -0.385. The van der Waals surface area contributed by atoms with Crippen molar-refractivity contribution in [2.45, 2.75) is 27.4 Å². The lowest BCUT2D eigenvalue weighted by molar-refractivity contribution is -0.130. The zero-order chi connectivity index (χ0) is 23.1. The van der Waals surface area contributed by atoms with Gasteiger partial charge >= 0.3 is 5.97 Å². The van der Waals surface area contributed by atoms with E-state index in [4.69, 9.17) is 14.9 Å². The predicted octanol–water partition coefficient (Wildman–Crippen LogP) is 5.42. The number of benzene rings is 2. The molecule has 31 heavy (non-hydrogen) atoms. The molecule has 0 saturated heterocycles. The molecular weight excluding hydrogens is 392 g/mol. The van der Waals surface area contributed by atoms with Crippen LogP contribution in [0, 0.1) is 5.41 Å². The molecule has 1 amide bonds. The molecule has 0 aromatic heterocycles. The Balaban J connectivity index is 2.32. The van der Waals surface area contributed by atoms with Gasteiger partial charge in [-0.1, -0.05) is 37.9 Å². The second-order valence-corrected chi connectivity index (χ2v) is 7.20. The fraction of sp³-hybridized carbons (Fsp3) is 0.160. The van der Waals surface area contributed by atoms with Crippen molar-refractivity contribution in [2.24, 2.45) is 0 Å². The number of esters is 1. The van der Waals surface area contributed by atoms with Crippen LogP contribution in [0.4, 0.5) is 5.69 Å². The van der Waals surface area contributed by atoms with Gasteiger partial charge in [0, 0.05) is 28.0 Å². The summed E-state index contributed by atoms with van der Waals surface area (Å²) in [7, 11) is 0. The first-order chi connectivity index (χ1) is 14.6. The molecule has 0 fully saturated rings. The molecule has 0 heterocycles. The van der Waals surface area contributed by atoms with E-state index >= 15 is 0 Å². The number of anilines is 1. The van der Waals surface area contributed by atoms with Gasteiger partial charge in [-0.25, -0.2) is 4.79 Å². The topological polar surface area (TPSA) is 88.5 Å². The highest BCUT2D eigenvalue weighted by Gasteiger charge is 2.12. The Kier molecular flexibility index (Phi) is 7.69. The average Bonchev–Trinajstić information content (AvgIpc) is 2.72. The SMILES string of the molecule is C=C(C)C(=N)OCc1cc(-c2ccc(OC(=O)C(=C)C)cc2)ccc1NC(=O)C(=C)C. The van der Waals surface area contributed by atoms with E-state index in [0.717, 1.165) is 11.1 Å². The lowest BCUT2D eigenvalue weighted by Crippen LogP contribution is -2.14. The van der Waals surface area contributed by atoms with E-state index in [0.29, 0.717) is 33.7 Å². The summed E-state index contributed by atoms with van der Waals surface area (Å²) in [5, 5.41) is 10.6. The van der Waals surface area contributed by atoms with E-state index in [1.165, 1.54) is 0 Å². The molecule has 2 rings (SSSR count). The number of rotatable bonds is 8. The lowest BCUT2D eigenvalue weighted by atomic mass is 10.0. The van der Waals surface area contributed by atoms with Gasteiger partial charge in [-0.2, -0.15) is 0 Å². The van der Waals surface area contributed by atoms with Gasteiger partial charge in [0.15, 0.2) is 0 Å². The third-order valence-corrected chi connectivity index (χ3v) is 4.25. The van der Waals surface area contributed by atoms with Gasteiger partial charge in [0.2, 0.25) is 5.90 Å². The summed E-state index contributed by atoms with van der Waals surface area (Å²) in [5.41, 5.74) is 4.21. The normalized spacial score (nSPS) is 10.0. The summed E-state index contributed by atoms with van der Waals surface area (Å²) in [6.07, 6.45) is 0. The van der Waals surface area contributed by atoms with E-state index in [2.05, 4.69) is 25.1 Å². The van der Waals surface area contributed by atoms with Crippen LogP contribution in [0.5, 0.6) is 5.75 Å². The summed E-state index contributed by atoms with van der Waals surface area (Å²) < 4.78 is 10.7. The molecule has 0 aliphatic carbocycles. The van der Waals surface area contributed by atoms with Gasteiger partial charge < -0.3 is 14.8 Å². The Morgan fingerprint density at radius 3 is 2.06 bits per heavy atom. The molecule has 0 aliphatic rings. The average molecular weight is 418 g/mol. The largest absolute Gasteiger partial charge is 0.473 e. The fourth-order valence-corrected chi connectivity index (χ4v) is 2.43. The minimum Gasteiger partial charge on any atom is -0.473 e. The van der Waals surface area contributed by atoms with Gasteiger partial charge in [-0.3, -0.25) is 10.2 Å². The molecule has 0 atom stereocenters. The van der Waals surface area contributed by atoms with Gasteiger partial charge in [0.1, 0.15) is 12.4 Å². The van der Waals surface area contributed by atoms with Crippen molar-refractivity contribution < 1.29 is 19.1 Å². The third-order valence-electron chi connectivity index (χ3n) is 4.25. The number of hydrogen-bond donors (Lipinski definition) is 2. The number of hydrogen-bond acceptors (Lipinski definition) is 5. The van der Waals surface area contributed by atoms with Crippen LogP contribution in [0.1, 0.15) is 26.3 Å². The standard InChI is InChI=1S/C25H26N2O4/c1-15(2)23(26)30-14-20-13-19(9-12-22(20)27-24(28)16(3)4)18-7-10-21(11-8-18)31-25(29)17(5)6/h7-13,26H,1,3,5,14H2,2,4,6H3,(H,27,28). The predicted molar refractivity (Wildman–Crippen MR) is 123 cm³/mol. The van der Waals surface area contributed by atoms with E-state index in [-0.39, 0.29) is 18.4 Å². The minimum absolute atomic E-state index is 0.0220. The molecule has 2 aromatic carbocycles. The Bertz CT molecular complexity index is 1070. The van der Waals surface area contributed by atoms with Crippen molar-refractivity contribution in [3.05, 3.63) is 84.5 Å². The summed E-state index contributed by atoms with van der Waals surface area (Å²) in [6, 6.07) is 12.5. The van der Waals surface area contributed by atoms with Crippen LogP contribution in [0.15, 0.2) is 78.9 Å². The Morgan fingerprint density at radius 2 is 1.52 bits per heavy atom. The van der Waals surface area contributed by atoms with Gasteiger partial charge in [0.05, 0.1) is 0 Å². The van der Waals surface area contributed by atoms with E-state index in [9.17, 15) is 9.59 Å². The van der Waals surface area contributed by atoms with Crippen LogP contribution in [-0.2, 0) is 20.9 Å². The molecule has 2 aromatic rings. The van der Waals surface area contributed by atoms with Crippen molar-refractivity contribution in [1.29, 1.82) is 5.41 Å². The van der Waals surface area contributed by atoms with Crippen LogP contribution in [0.2, 0.25) is 0 Å². The molecule has 0 bridgehead atoms. The molecule has 0 aliphatic heterocycles. The zero-order valence-corrected chi connectivity index (χ0v) is 18.0. The first-order valence-electron chi connectivity index (χ1n) is 9.53. The summed E-state index contributed by atoms with van der Waals surface area (Å²) in [4.78, 5) is 23.7. The van der Waals surface area contributed by atoms with Crippen LogP contribution in [0.25, 0.3) is 11.1 Å². The van der Waals surface area contributed by atoms with Crippen molar-refractivity contribution in [3.63, 3.8) is 0 Å². The van der Waals surface area contributed by atoms with Gasteiger partial charge in [-0.05, 0) is 56.2 Å². The maximum absolute atomic E-state index is 12.1. The minimum atomic E-state index is -0.482. The van der Waals surface area contributed by atoms with Crippen LogP contribution in [0.3, 0.4) is 0 Å². The molecular formula is C25H26N2O4. The third kappa shape index (κ3) is 6.54. The Labute approximate surface area is 182 Å². The smallest absolute Gasteiger partial charge is 0.338 e.